The van der Waals surface area contributed by atoms with E-state index in [0.29, 0.717) is 11.2 Å². The van der Waals surface area contributed by atoms with Crippen LogP contribution < -0.4 is 5.32 Å². The molecule has 1 amide bonds. The Balaban J connectivity index is 1.19. The van der Waals surface area contributed by atoms with Gasteiger partial charge in [-0.1, -0.05) is 18.6 Å². The van der Waals surface area contributed by atoms with Crippen LogP contribution >= 0.6 is 0 Å². The lowest BCUT2D eigenvalue weighted by Gasteiger charge is -2.57. The molecule has 0 atom stereocenters. The zero-order chi connectivity index (χ0) is 23.3. The second-order valence-corrected chi connectivity index (χ2v) is 10.9. The molecule has 1 aromatic carbocycles. The second-order valence-electron chi connectivity index (χ2n) is 10.9. The first kappa shape index (κ1) is 21.7. The molecule has 1 aliphatic carbocycles. The highest BCUT2D eigenvalue weighted by atomic mass is 16.2. The van der Waals surface area contributed by atoms with Gasteiger partial charge in [-0.15, -0.1) is 0 Å². The van der Waals surface area contributed by atoms with E-state index in [1.807, 2.05) is 30.2 Å². The Morgan fingerprint density at radius 2 is 1.85 bits per heavy atom. The summed E-state index contributed by atoms with van der Waals surface area (Å²) in [7, 11) is 4.18. The predicted octanol–water partition coefficient (Wildman–Crippen LogP) is 3.90. The van der Waals surface area contributed by atoms with E-state index < -0.39 is 0 Å². The lowest BCUT2D eigenvalue weighted by molar-refractivity contribution is -0.137. The summed E-state index contributed by atoms with van der Waals surface area (Å²) in [5.41, 5.74) is 4.00. The fourth-order valence-corrected chi connectivity index (χ4v) is 6.35. The Kier molecular flexibility index (Phi) is 5.41. The molecule has 0 radical (unpaired) electrons. The van der Waals surface area contributed by atoms with Gasteiger partial charge < -0.3 is 10.2 Å². The molecule has 3 fully saturated rings. The molecule has 1 saturated carbocycles. The molecular formula is C27H34N6O. The Labute approximate surface area is 201 Å². The van der Waals surface area contributed by atoms with Gasteiger partial charge in [0.1, 0.15) is 5.82 Å². The van der Waals surface area contributed by atoms with E-state index in [-0.39, 0.29) is 11.8 Å². The van der Waals surface area contributed by atoms with Gasteiger partial charge in [0.05, 0.1) is 11.9 Å². The molecule has 7 nitrogen and oxygen atoms in total. The van der Waals surface area contributed by atoms with Crippen molar-refractivity contribution in [3.05, 3.63) is 42.4 Å². The van der Waals surface area contributed by atoms with Crippen molar-refractivity contribution in [2.24, 2.45) is 18.4 Å². The van der Waals surface area contributed by atoms with Gasteiger partial charge in [0.15, 0.2) is 0 Å². The first-order valence-corrected chi connectivity index (χ1v) is 12.6. The highest BCUT2D eigenvalue weighted by Gasteiger charge is 2.53. The van der Waals surface area contributed by atoms with Gasteiger partial charge in [-0.2, -0.15) is 5.10 Å². The number of nitrogens with one attached hydrogen (secondary N) is 1. The Bertz CT molecular complexity index is 1210. The fourth-order valence-electron chi connectivity index (χ4n) is 6.35. The average Bonchev–Trinajstić information content (AvgIpc) is 3.15. The topological polar surface area (TPSA) is 66.3 Å². The minimum Gasteiger partial charge on any atom is -0.310 e. The number of hydrogen-bond acceptors (Lipinski definition) is 5. The molecule has 2 aliphatic heterocycles. The number of likely N-dealkylation sites (tertiary alicyclic amines) is 2. The number of rotatable bonds is 5. The number of amides is 1. The van der Waals surface area contributed by atoms with Crippen LogP contribution in [0.25, 0.3) is 21.9 Å². The summed E-state index contributed by atoms with van der Waals surface area (Å²) >= 11 is 0. The van der Waals surface area contributed by atoms with Crippen molar-refractivity contribution in [1.29, 1.82) is 0 Å². The molecule has 1 spiro atoms. The SMILES string of the molecule is CN1CC2(CC(C(=O)Nc3cc4cc(-c5cnn(C)c5CN5CCCCC5)ccc4cn3)C2)C1. The summed E-state index contributed by atoms with van der Waals surface area (Å²) in [6, 6.07) is 8.47. The van der Waals surface area contributed by atoms with Gasteiger partial charge in [0.2, 0.25) is 5.91 Å². The van der Waals surface area contributed by atoms with Crippen LogP contribution in [-0.4, -0.2) is 63.7 Å². The van der Waals surface area contributed by atoms with E-state index in [1.54, 1.807) is 0 Å². The minimum absolute atomic E-state index is 0.110. The lowest BCUT2D eigenvalue weighted by atomic mass is 9.57. The molecule has 7 heteroatoms. The number of carbonyl (C=O) groups excluding carboxylic acids is 1. The Hall–Kier alpha value is -2.77. The number of nitrogens with zero attached hydrogens (tertiary/aromatic N) is 5. The van der Waals surface area contributed by atoms with Crippen molar-refractivity contribution >= 4 is 22.5 Å². The third-order valence-electron chi connectivity index (χ3n) is 8.11. The average molecular weight is 459 g/mol. The van der Waals surface area contributed by atoms with Crippen LogP contribution in [0.5, 0.6) is 0 Å². The largest absolute Gasteiger partial charge is 0.310 e. The molecular weight excluding hydrogens is 424 g/mol. The van der Waals surface area contributed by atoms with E-state index in [0.717, 1.165) is 61.9 Å². The maximum absolute atomic E-state index is 12.8. The monoisotopic (exact) mass is 458 g/mol. The molecule has 2 aromatic heterocycles. The zero-order valence-corrected chi connectivity index (χ0v) is 20.3. The predicted molar refractivity (Wildman–Crippen MR) is 134 cm³/mol. The van der Waals surface area contributed by atoms with Crippen molar-refractivity contribution in [2.45, 2.75) is 38.6 Å². The second kappa shape index (κ2) is 8.47. The summed E-state index contributed by atoms with van der Waals surface area (Å²) < 4.78 is 2.01. The lowest BCUT2D eigenvalue weighted by Crippen LogP contribution is -2.62. The molecule has 2 saturated heterocycles. The third-order valence-corrected chi connectivity index (χ3v) is 8.11. The third kappa shape index (κ3) is 4.01. The molecule has 6 rings (SSSR count). The number of benzene rings is 1. The molecule has 34 heavy (non-hydrogen) atoms. The highest BCUT2D eigenvalue weighted by Crippen LogP contribution is 2.51. The van der Waals surface area contributed by atoms with Gasteiger partial charge in [-0.05, 0) is 74.3 Å². The number of hydrogen-bond donors (Lipinski definition) is 1. The number of piperidine rings is 1. The van der Waals surface area contributed by atoms with Crippen molar-refractivity contribution in [1.82, 2.24) is 24.6 Å². The van der Waals surface area contributed by atoms with Gasteiger partial charge in [0.25, 0.3) is 0 Å². The van der Waals surface area contributed by atoms with Crippen LogP contribution in [0, 0.1) is 11.3 Å². The Morgan fingerprint density at radius 3 is 2.62 bits per heavy atom. The maximum Gasteiger partial charge on any atom is 0.228 e. The van der Waals surface area contributed by atoms with Crippen molar-refractivity contribution in [2.75, 3.05) is 38.5 Å². The quantitative estimate of drug-likeness (QED) is 0.628. The van der Waals surface area contributed by atoms with Crippen molar-refractivity contribution in [3.63, 3.8) is 0 Å². The minimum atomic E-state index is 0.110. The normalized spacial score (nSPS) is 20.9. The van der Waals surface area contributed by atoms with Crippen LogP contribution in [0.15, 0.2) is 36.7 Å². The van der Waals surface area contributed by atoms with E-state index in [2.05, 4.69) is 50.4 Å². The molecule has 3 aromatic rings. The molecule has 4 heterocycles. The first-order chi connectivity index (χ1) is 16.5. The summed E-state index contributed by atoms with van der Waals surface area (Å²) in [6.45, 7) is 5.51. The maximum atomic E-state index is 12.8. The summed E-state index contributed by atoms with van der Waals surface area (Å²) in [6.07, 6.45) is 9.74. The summed E-state index contributed by atoms with van der Waals surface area (Å²) in [5.74, 6) is 0.866. The molecule has 0 bridgehead atoms. The van der Waals surface area contributed by atoms with E-state index in [9.17, 15) is 4.79 Å². The Morgan fingerprint density at radius 1 is 1.06 bits per heavy atom. The van der Waals surface area contributed by atoms with Crippen molar-refractivity contribution < 1.29 is 4.79 Å². The van der Waals surface area contributed by atoms with Crippen LogP contribution in [0.4, 0.5) is 5.82 Å². The smallest absolute Gasteiger partial charge is 0.228 e. The summed E-state index contributed by atoms with van der Waals surface area (Å²) in [4.78, 5) is 22.2. The molecule has 1 N–H and O–H groups in total. The number of aryl methyl sites for hydroxylation is 1. The number of fused-ring (bicyclic) bond motifs is 1. The van der Waals surface area contributed by atoms with Crippen LogP contribution in [0.2, 0.25) is 0 Å². The number of pyridine rings is 1. The number of aromatic nitrogens is 3. The fraction of sp³-hybridized carbons (Fsp3) is 0.519. The highest BCUT2D eigenvalue weighted by molar-refractivity contribution is 5.95. The zero-order valence-electron chi connectivity index (χ0n) is 20.3. The first-order valence-electron chi connectivity index (χ1n) is 12.6. The number of anilines is 1. The summed E-state index contributed by atoms with van der Waals surface area (Å²) in [5, 5.41) is 9.81. The standard InChI is InChI=1S/C27H34N6O/c1-31-17-27(18-31)12-22(13-27)26(34)30-25-11-21-10-19(6-7-20(21)14-28-25)23-15-29-32(2)24(23)16-33-8-4-3-5-9-33/h6-7,10-11,14-15,22H,3-5,8-9,12-13,16-18H2,1-2H3,(H,28,30,34). The molecule has 3 aliphatic rings. The van der Waals surface area contributed by atoms with Gasteiger partial charge >= 0.3 is 0 Å². The van der Waals surface area contributed by atoms with E-state index in [4.69, 9.17) is 0 Å². The molecule has 178 valence electrons. The van der Waals surface area contributed by atoms with Crippen LogP contribution in [-0.2, 0) is 18.4 Å². The van der Waals surface area contributed by atoms with E-state index in [1.165, 1.54) is 30.5 Å². The van der Waals surface area contributed by atoms with E-state index >= 15 is 0 Å². The molecule has 0 unspecified atom stereocenters. The van der Waals surface area contributed by atoms with Gasteiger partial charge in [0, 0.05) is 49.7 Å². The van der Waals surface area contributed by atoms with Crippen LogP contribution in [0.3, 0.4) is 0 Å². The van der Waals surface area contributed by atoms with Crippen LogP contribution in [0.1, 0.15) is 37.8 Å². The number of carbonyl (C=O) groups is 1. The van der Waals surface area contributed by atoms with Crippen molar-refractivity contribution in [3.8, 4) is 11.1 Å². The van der Waals surface area contributed by atoms with Gasteiger partial charge in [-0.25, -0.2) is 4.98 Å². The van der Waals surface area contributed by atoms with Gasteiger partial charge in [-0.3, -0.25) is 14.4 Å².